The highest BCUT2D eigenvalue weighted by molar-refractivity contribution is 7.89. The van der Waals surface area contributed by atoms with Crippen LogP contribution in [0.25, 0.3) is 0 Å². The van der Waals surface area contributed by atoms with Crippen molar-refractivity contribution in [3.05, 3.63) is 53.1 Å². The van der Waals surface area contributed by atoms with Gasteiger partial charge in [0.1, 0.15) is 12.4 Å². The number of halogens is 1. The van der Waals surface area contributed by atoms with Crippen molar-refractivity contribution >= 4 is 39.1 Å². The summed E-state index contributed by atoms with van der Waals surface area (Å²) < 4.78 is 40.6. The summed E-state index contributed by atoms with van der Waals surface area (Å²) in [5, 5.41) is 3.32. The summed E-state index contributed by atoms with van der Waals surface area (Å²) in [6.45, 7) is 4.07. The maximum absolute atomic E-state index is 13.7. The Hall–Kier alpha value is -2.66. The molecule has 0 saturated heterocycles. The van der Waals surface area contributed by atoms with Gasteiger partial charge in [0, 0.05) is 43.9 Å². The number of likely N-dealkylation sites (N-methyl/N-ethyl adjacent to an activating group) is 1. The van der Waals surface area contributed by atoms with Crippen molar-refractivity contribution < 1.29 is 27.5 Å². The lowest BCUT2D eigenvalue weighted by atomic mass is 10.0. The highest BCUT2D eigenvalue weighted by atomic mass is 35.5. The summed E-state index contributed by atoms with van der Waals surface area (Å²) >= 11 is 5.99. The van der Waals surface area contributed by atoms with Crippen LogP contribution in [0.1, 0.15) is 37.0 Å². The molecule has 206 valence electrons. The monoisotopic (exact) mass is 563 g/mol. The first-order chi connectivity index (χ1) is 18.0. The first-order valence-electron chi connectivity index (χ1n) is 12.6. The summed E-state index contributed by atoms with van der Waals surface area (Å²) in [4.78, 5) is 27.4. The van der Waals surface area contributed by atoms with Crippen LogP contribution in [-0.4, -0.2) is 75.4 Å². The Balaban J connectivity index is 1.69. The van der Waals surface area contributed by atoms with E-state index in [9.17, 15) is 18.0 Å². The molecule has 0 bridgehead atoms. The molecule has 3 atom stereocenters. The van der Waals surface area contributed by atoms with Gasteiger partial charge in [-0.2, -0.15) is 4.31 Å². The van der Waals surface area contributed by atoms with Gasteiger partial charge < -0.3 is 19.7 Å². The molecule has 0 unspecified atom stereocenters. The van der Waals surface area contributed by atoms with Crippen LogP contribution in [0.15, 0.2) is 47.4 Å². The number of ether oxygens (including phenoxy) is 2. The van der Waals surface area contributed by atoms with Crippen LogP contribution in [0.4, 0.5) is 5.69 Å². The Kier molecular flexibility index (Phi) is 8.66. The molecule has 38 heavy (non-hydrogen) atoms. The van der Waals surface area contributed by atoms with Gasteiger partial charge in [0.05, 0.1) is 22.6 Å². The minimum Gasteiger partial charge on any atom is -0.491 e. The number of fused-ring (bicyclic) bond motifs is 1. The van der Waals surface area contributed by atoms with Crippen molar-refractivity contribution in [2.24, 2.45) is 11.8 Å². The van der Waals surface area contributed by atoms with Crippen molar-refractivity contribution in [1.29, 1.82) is 0 Å². The highest BCUT2D eigenvalue weighted by Crippen LogP contribution is 2.32. The van der Waals surface area contributed by atoms with Crippen molar-refractivity contribution in [1.82, 2.24) is 9.21 Å². The third-order valence-corrected chi connectivity index (χ3v) is 9.27. The molecule has 1 N–H and O–H groups in total. The summed E-state index contributed by atoms with van der Waals surface area (Å²) in [6, 6.07) is 10.4. The minimum absolute atomic E-state index is 0.00889. The van der Waals surface area contributed by atoms with E-state index in [0.717, 1.165) is 12.8 Å². The molecule has 11 heteroatoms. The molecule has 4 rings (SSSR count). The lowest BCUT2D eigenvalue weighted by Gasteiger charge is -2.35. The number of nitrogens with one attached hydrogen (secondary N) is 1. The van der Waals surface area contributed by atoms with Crippen LogP contribution in [-0.2, 0) is 19.6 Å². The molecule has 2 aliphatic rings. The van der Waals surface area contributed by atoms with E-state index in [0.29, 0.717) is 16.5 Å². The number of hydrogen-bond donors (Lipinski definition) is 1. The van der Waals surface area contributed by atoms with Crippen molar-refractivity contribution in [3.63, 3.8) is 0 Å². The Labute approximate surface area is 229 Å². The van der Waals surface area contributed by atoms with Crippen molar-refractivity contribution in [3.8, 4) is 5.75 Å². The Morgan fingerprint density at radius 3 is 2.42 bits per heavy atom. The largest absolute Gasteiger partial charge is 0.491 e. The Morgan fingerprint density at radius 2 is 1.79 bits per heavy atom. The molecule has 0 radical (unpaired) electrons. The fraction of sp³-hybridized carbons (Fsp3) is 0.481. The van der Waals surface area contributed by atoms with Gasteiger partial charge in [0.25, 0.3) is 5.91 Å². The van der Waals surface area contributed by atoms with Crippen LogP contribution < -0.4 is 10.1 Å². The van der Waals surface area contributed by atoms with Crippen molar-refractivity contribution in [2.45, 2.75) is 43.7 Å². The van der Waals surface area contributed by atoms with Gasteiger partial charge in [-0.05, 0) is 68.1 Å². The fourth-order valence-electron chi connectivity index (χ4n) is 4.49. The lowest BCUT2D eigenvalue weighted by Crippen LogP contribution is -2.48. The molecule has 1 fully saturated rings. The normalized spacial score (nSPS) is 23.6. The topological polar surface area (TPSA) is 105 Å². The van der Waals surface area contributed by atoms with E-state index < -0.39 is 22.2 Å². The summed E-state index contributed by atoms with van der Waals surface area (Å²) in [6.07, 6.45) is 1.30. The number of benzene rings is 2. The van der Waals surface area contributed by atoms with Gasteiger partial charge in [-0.1, -0.05) is 18.5 Å². The number of methoxy groups -OCH3 is 1. The van der Waals surface area contributed by atoms with Gasteiger partial charge in [-0.3, -0.25) is 9.59 Å². The molecular formula is C27H34ClN3O6S. The number of amides is 2. The number of sulfonamides is 1. The zero-order valence-corrected chi connectivity index (χ0v) is 23.6. The highest BCUT2D eigenvalue weighted by Gasteiger charge is 2.35. The van der Waals surface area contributed by atoms with Gasteiger partial charge in [0.2, 0.25) is 15.9 Å². The molecule has 0 spiro atoms. The van der Waals surface area contributed by atoms with Crippen LogP contribution in [0.3, 0.4) is 0 Å². The quantitative estimate of drug-likeness (QED) is 0.592. The summed E-state index contributed by atoms with van der Waals surface area (Å²) in [7, 11) is -0.680. The van der Waals surface area contributed by atoms with Crippen LogP contribution >= 0.6 is 11.6 Å². The van der Waals surface area contributed by atoms with Crippen LogP contribution in [0, 0.1) is 11.8 Å². The van der Waals surface area contributed by atoms with E-state index in [4.69, 9.17) is 21.1 Å². The molecular weight excluding hydrogens is 530 g/mol. The van der Waals surface area contributed by atoms with Gasteiger partial charge in [0.15, 0.2) is 0 Å². The predicted octanol–water partition coefficient (Wildman–Crippen LogP) is 3.88. The molecule has 2 aromatic rings. The molecule has 2 amide bonds. The number of carbonyl (C=O) groups excluding carboxylic acids is 2. The lowest BCUT2D eigenvalue weighted by molar-refractivity contribution is -0.117. The van der Waals surface area contributed by atoms with E-state index in [2.05, 4.69) is 5.32 Å². The molecule has 9 nitrogen and oxygen atoms in total. The number of anilines is 1. The molecule has 1 heterocycles. The van der Waals surface area contributed by atoms with E-state index >= 15 is 0 Å². The van der Waals surface area contributed by atoms with Crippen molar-refractivity contribution in [2.75, 3.05) is 39.2 Å². The number of hydrogen-bond acceptors (Lipinski definition) is 6. The molecule has 1 saturated carbocycles. The summed E-state index contributed by atoms with van der Waals surface area (Å²) in [5.41, 5.74) is 0.790. The van der Waals surface area contributed by atoms with Crippen LogP contribution in [0.5, 0.6) is 5.75 Å². The second kappa shape index (κ2) is 11.6. The molecule has 1 aliphatic heterocycles. The van der Waals surface area contributed by atoms with Crippen LogP contribution in [0.2, 0.25) is 5.02 Å². The average molecular weight is 564 g/mol. The van der Waals surface area contributed by atoms with E-state index in [-0.39, 0.29) is 53.8 Å². The maximum atomic E-state index is 13.7. The smallest absolute Gasteiger partial charge is 0.257 e. The Morgan fingerprint density at radius 1 is 1.11 bits per heavy atom. The summed E-state index contributed by atoms with van der Waals surface area (Å²) in [5.74, 6) is -0.267. The number of rotatable bonds is 5. The fourth-order valence-corrected chi connectivity index (χ4v) is 6.33. The second-order valence-electron chi connectivity index (χ2n) is 10.1. The van der Waals surface area contributed by atoms with Gasteiger partial charge in [-0.25, -0.2) is 8.42 Å². The third kappa shape index (κ3) is 6.31. The molecule has 1 aliphatic carbocycles. The number of carbonyl (C=O) groups is 2. The zero-order valence-electron chi connectivity index (χ0n) is 22.0. The molecule has 0 aromatic heterocycles. The average Bonchev–Trinajstić information content (AvgIpc) is 3.74. The first kappa shape index (κ1) is 28.4. The molecule has 2 aromatic carbocycles. The Bertz CT molecular complexity index is 1280. The van der Waals surface area contributed by atoms with E-state index in [1.807, 2.05) is 6.92 Å². The van der Waals surface area contributed by atoms with E-state index in [1.165, 1.54) is 21.3 Å². The minimum atomic E-state index is -3.89. The third-order valence-electron chi connectivity index (χ3n) is 7.02. The SMILES string of the molecule is CO[C@@H]1CN(C)C(=O)c2cc(NC(=O)C3CC3)ccc2OC[C@@H](C)N(S(=O)(=O)c2ccc(Cl)cc2)C[C@H]1C. The maximum Gasteiger partial charge on any atom is 0.257 e. The first-order valence-corrected chi connectivity index (χ1v) is 14.5. The van der Waals surface area contributed by atoms with Gasteiger partial charge >= 0.3 is 0 Å². The predicted molar refractivity (Wildman–Crippen MR) is 145 cm³/mol. The standard InChI is InChI=1S/C27H34ClN3O6S/c1-17-14-31(38(34,35)22-10-7-20(28)8-11-22)18(2)16-37-24-12-9-21(29-26(32)19-5-6-19)13-23(24)27(33)30(3)15-25(17)36-4/h7-13,17-19,25H,5-6,14-16H2,1-4H3,(H,29,32)/t17-,18-,25-/m1/s1. The van der Waals surface area contributed by atoms with Gasteiger partial charge in [-0.15, -0.1) is 0 Å². The zero-order chi connectivity index (χ0) is 27.6. The second-order valence-corrected chi connectivity index (χ2v) is 12.4. The van der Waals surface area contributed by atoms with E-state index in [1.54, 1.807) is 51.4 Å². The number of nitrogens with zero attached hydrogens (tertiary/aromatic N) is 2.